The van der Waals surface area contributed by atoms with Crippen molar-refractivity contribution in [1.29, 1.82) is 5.41 Å². The Morgan fingerprint density at radius 2 is 2.11 bits per heavy atom. The summed E-state index contributed by atoms with van der Waals surface area (Å²) in [5, 5.41) is 8.28. The van der Waals surface area contributed by atoms with Crippen LogP contribution < -0.4 is 10.6 Å². The van der Waals surface area contributed by atoms with E-state index in [1.165, 1.54) is 25.7 Å². The van der Waals surface area contributed by atoms with Crippen molar-refractivity contribution in [2.24, 2.45) is 11.7 Å². The SMILES string of the molecule is CCCC1CCN(c2cccc(Cl)c2C(=N)N)CC1. The Morgan fingerprint density at radius 1 is 1.42 bits per heavy atom. The van der Waals surface area contributed by atoms with Crippen molar-refractivity contribution >= 4 is 23.1 Å². The fourth-order valence-corrected chi connectivity index (χ4v) is 3.19. The average Bonchev–Trinajstić information content (AvgIpc) is 2.39. The van der Waals surface area contributed by atoms with E-state index in [4.69, 9.17) is 22.7 Å². The average molecular weight is 280 g/mol. The zero-order valence-electron chi connectivity index (χ0n) is 11.5. The molecule has 0 aromatic heterocycles. The molecule has 1 aliphatic rings. The van der Waals surface area contributed by atoms with E-state index in [-0.39, 0.29) is 5.84 Å². The number of halogens is 1. The Morgan fingerprint density at radius 3 is 2.68 bits per heavy atom. The normalized spacial score (nSPS) is 16.6. The number of anilines is 1. The van der Waals surface area contributed by atoms with E-state index in [0.29, 0.717) is 10.6 Å². The molecule has 1 aromatic carbocycles. The minimum absolute atomic E-state index is 0.0521. The van der Waals surface area contributed by atoms with Crippen LogP contribution in [0.4, 0.5) is 5.69 Å². The number of nitrogens with one attached hydrogen (secondary N) is 1. The molecule has 0 amide bonds. The molecule has 0 spiro atoms. The topological polar surface area (TPSA) is 53.1 Å². The van der Waals surface area contributed by atoms with Gasteiger partial charge in [-0.3, -0.25) is 5.41 Å². The largest absolute Gasteiger partial charge is 0.384 e. The third kappa shape index (κ3) is 3.21. The predicted octanol–water partition coefficient (Wildman–Crippen LogP) is 3.64. The third-order valence-electron chi connectivity index (χ3n) is 3.91. The van der Waals surface area contributed by atoms with Gasteiger partial charge < -0.3 is 10.6 Å². The summed E-state index contributed by atoms with van der Waals surface area (Å²) in [5.74, 6) is 0.900. The molecule has 0 aliphatic carbocycles. The number of hydrogen-bond acceptors (Lipinski definition) is 2. The zero-order chi connectivity index (χ0) is 13.8. The van der Waals surface area contributed by atoms with Crippen molar-refractivity contribution in [3.8, 4) is 0 Å². The maximum absolute atomic E-state index is 7.71. The highest BCUT2D eigenvalue weighted by molar-refractivity contribution is 6.34. The number of benzene rings is 1. The first kappa shape index (κ1) is 14.2. The highest BCUT2D eigenvalue weighted by Gasteiger charge is 2.22. The number of amidine groups is 1. The van der Waals surface area contributed by atoms with Crippen molar-refractivity contribution in [1.82, 2.24) is 0 Å². The van der Waals surface area contributed by atoms with Gasteiger partial charge in [-0.25, -0.2) is 0 Å². The number of hydrogen-bond donors (Lipinski definition) is 2. The molecule has 0 bridgehead atoms. The van der Waals surface area contributed by atoms with Crippen LogP contribution in [0, 0.1) is 11.3 Å². The van der Waals surface area contributed by atoms with Gasteiger partial charge >= 0.3 is 0 Å². The number of nitrogens with two attached hydrogens (primary N) is 1. The maximum Gasteiger partial charge on any atom is 0.126 e. The van der Waals surface area contributed by atoms with Crippen molar-refractivity contribution in [2.45, 2.75) is 32.6 Å². The van der Waals surface area contributed by atoms with E-state index in [2.05, 4.69) is 11.8 Å². The monoisotopic (exact) mass is 279 g/mol. The molecule has 4 heteroatoms. The molecular formula is C15H22ClN3. The van der Waals surface area contributed by atoms with Gasteiger partial charge in [0.1, 0.15) is 5.84 Å². The fourth-order valence-electron chi connectivity index (χ4n) is 2.91. The van der Waals surface area contributed by atoms with Crippen LogP contribution in [-0.4, -0.2) is 18.9 Å². The lowest BCUT2D eigenvalue weighted by Crippen LogP contribution is -2.35. The van der Waals surface area contributed by atoms with Gasteiger partial charge in [0.15, 0.2) is 0 Å². The zero-order valence-corrected chi connectivity index (χ0v) is 12.2. The van der Waals surface area contributed by atoms with Gasteiger partial charge in [-0.15, -0.1) is 0 Å². The van der Waals surface area contributed by atoms with Crippen LogP contribution in [0.25, 0.3) is 0 Å². The summed E-state index contributed by atoms with van der Waals surface area (Å²) >= 11 is 6.17. The highest BCUT2D eigenvalue weighted by Crippen LogP contribution is 2.31. The first-order chi connectivity index (χ1) is 9.13. The van der Waals surface area contributed by atoms with E-state index >= 15 is 0 Å². The summed E-state index contributed by atoms with van der Waals surface area (Å²) in [6.45, 7) is 4.31. The Hall–Kier alpha value is -1.22. The van der Waals surface area contributed by atoms with Gasteiger partial charge in [-0.2, -0.15) is 0 Å². The van der Waals surface area contributed by atoms with Gasteiger partial charge in [0.05, 0.1) is 10.6 Å². The molecule has 19 heavy (non-hydrogen) atoms. The van der Waals surface area contributed by atoms with Crippen LogP contribution in [0.2, 0.25) is 5.02 Å². The second kappa shape index (κ2) is 6.29. The number of nitrogen functional groups attached to an aromatic ring is 1. The molecule has 0 atom stereocenters. The van der Waals surface area contributed by atoms with Gasteiger partial charge in [-0.05, 0) is 30.9 Å². The van der Waals surface area contributed by atoms with Gasteiger partial charge in [0, 0.05) is 18.8 Å². The summed E-state index contributed by atoms with van der Waals surface area (Å²) < 4.78 is 0. The Bertz CT molecular complexity index is 451. The van der Waals surface area contributed by atoms with Crippen molar-refractivity contribution in [3.63, 3.8) is 0 Å². The molecule has 1 heterocycles. The highest BCUT2D eigenvalue weighted by atomic mass is 35.5. The maximum atomic E-state index is 7.71. The molecule has 1 aromatic rings. The predicted molar refractivity (Wildman–Crippen MR) is 82.3 cm³/mol. The summed E-state index contributed by atoms with van der Waals surface area (Å²) in [7, 11) is 0. The quantitative estimate of drug-likeness (QED) is 0.653. The van der Waals surface area contributed by atoms with E-state index < -0.39 is 0 Å². The van der Waals surface area contributed by atoms with Gasteiger partial charge in [0.25, 0.3) is 0 Å². The number of nitrogens with zero attached hydrogens (tertiary/aromatic N) is 1. The van der Waals surface area contributed by atoms with E-state index in [1.54, 1.807) is 6.07 Å². The molecule has 2 rings (SSSR count). The Balaban J connectivity index is 2.15. The van der Waals surface area contributed by atoms with Crippen LogP contribution in [-0.2, 0) is 0 Å². The lowest BCUT2D eigenvalue weighted by Gasteiger charge is -2.34. The summed E-state index contributed by atoms with van der Waals surface area (Å²) in [6, 6.07) is 5.75. The molecular weight excluding hydrogens is 258 g/mol. The summed E-state index contributed by atoms with van der Waals surface area (Å²) in [5.41, 5.74) is 7.36. The van der Waals surface area contributed by atoms with Crippen LogP contribution in [0.3, 0.4) is 0 Å². The Labute approximate surface area is 120 Å². The molecule has 0 unspecified atom stereocenters. The third-order valence-corrected chi connectivity index (χ3v) is 4.23. The van der Waals surface area contributed by atoms with Crippen LogP contribution in [0.5, 0.6) is 0 Å². The van der Waals surface area contributed by atoms with Crippen LogP contribution in [0.15, 0.2) is 18.2 Å². The van der Waals surface area contributed by atoms with E-state index in [9.17, 15) is 0 Å². The summed E-state index contributed by atoms with van der Waals surface area (Å²) in [6.07, 6.45) is 5.03. The van der Waals surface area contributed by atoms with Gasteiger partial charge in [0.2, 0.25) is 0 Å². The molecule has 3 nitrogen and oxygen atoms in total. The molecule has 1 aliphatic heterocycles. The Kier molecular flexibility index (Phi) is 4.70. The van der Waals surface area contributed by atoms with E-state index in [0.717, 1.165) is 24.7 Å². The first-order valence-electron chi connectivity index (χ1n) is 7.01. The number of rotatable bonds is 4. The fraction of sp³-hybridized carbons (Fsp3) is 0.533. The molecule has 1 fully saturated rings. The van der Waals surface area contributed by atoms with Crippen LogP contribution >= 0.6 is 11.6 Å². The van der Waals surface area contributed by atoms with Crippen LogP contribution in [0.1, 0.15) is 38.2 Å². The minimum atomic E-state index is 0.0521. The first-order valence-corrected chi connectivity index (χ1v) is 7.39. The number of piperidine rings is 1. The van der Waals surface area contributed by atoms with Crippen molar-refractivity contribution in [3.05, 3.63) is 28.8 Å². The van der Waals surface area contributed by atoms with Gasteiger partial charge in [-0.1, -0.05) is 37.4 Å². The second-order valence-electron chi connectivity index (χ2n) is 5.27. The molecule has 1 saturated heterocycles. The van der Waals surface area contributed by atoms with Crippen molar-refractivity contribution < 1.29 is 0 Å². The standard InChI is InChI=1S/C15H22ClN3/c1-2-4-11-7-9-19(10-8-11)13-6-3-5-12(16)14(13)15(17)18/h3,5-6,11H,2,4,7-10H2,1H3,(H3,17,18). The molecule has 3 N–H and O–H groups in total. The van der Waals surface area contributed by atoms with Crippen molar-refractivity contribution in [2.75, 3.05) is 18.0 Å². The van der Waals surface area contributed by atoms with E-state index in [1.807, 2.05) is 12.1 Å². The second-order valence-corrected chi connectivity index (χ2v) is 5.67. The lowest BCUT2D eigenvalue weighted by atomic mass is 9.92. The molecule has 104 valence electrons. The lowest BCUT2D eigenvalue weighted by molar-refractivity contribution is 0.378. The smallest absolute Gasteiger partial charge is 0.126 e. The summed E-state index contributed by atoms with van der Waals surface area (Å²) in [4.78, 5) is 2.31. The minimum Gasteiger partial charge on any atom is -0.384 e. The molecule has 0 saturated carbocycles. The molecule has 0 radical (unpaired) electrons.